The van der Waals surface area contributed by atoms with Gasteiger partial charge in [0.1, 0.15) is 11.5 Å². The highest BCUT2D eigenvalue weighted by Gasteiger charge is 2.34. The monoisotopic (exact) mass is 582 g/mol. The van der Waals surface area contributed by atoms with E-state index in [1.165, 1.54) is 15.9 Å². The summed E-state index contributed by atoms with van der Waals surface area (Å²) in [5.74, 6) is 1.56. The number of ether oxygens (including phenoxy) is 3. The fourth-order valence-corrected chi connectivity index (χ4v) is 6.01. The molecule has 2 aromatic carbocycles. The van der Waals surface area contributed by atoms with Gasteiger partial charge in [0.05, 0.1) is 38.5 Å². The summed E-state index contributed by atoms with van der Waals surface area (Å²) in [6.07, 6.45) is 1.64. The minimum Gasteiger partial charge on any atom is -0.463 e. The first kappa shape index (κ1) is 25.5. The van der Waals surface area contributed by atoms with Crippen LogP contribution >= 0.6 is 34.5 Å². The average molecular weight is 583 g/mol. The molecule has 0 amide bonds. The molecule has 2 aromatic heterocycles. The maximum Gasteiger partial charge on any atom is 0.338 e. The van der Waals surface area contributed by atoms with Crippen LogP contribution in [0, 0.1) is 0 Å². The Morgan fingerprint density at radius 1 is 1.18 bits per heavy atom. The quantitative estimate of drug-likeness (QED) is 0.304. The van der Waals surface area contributed by atoms with E-state index in [2.05, 4.69) is 4.99 Å². The van der Waals surface area contributed by atoms with Crippen LogP contribution in [-0.2, 0) is 9.53 Å². The molecule has 0 aliphatic carbocycles. The predicted molar refractivity (Wildman–Crippen MR) is 147 cm³/mol. The van der Waals surface area contributed by atoms with Crippen LogP contribution in [0.2, 0.25) is 10.0 Å². The lowest BCUT2D eigenvalue weighted by Crippen LogP contribution is -2.39. The summed E-state index contributed by atoms with van der Waals surface area (Å²) in [6.45, 7) is 3.75. The second-order valence-electron chi connectivity index (χ2n) is 8.72. The Hall–Kier alpha value is -3.79. The number of benzene rings is 2. The zero-order valence-corrected chi connectivity index (χ0v) is 23.0. The number of fused-ring (bicyclic) bond motifs is 2. The Kier molecular flexibility index (Phi) is 6.58. The first-order valence-electron chi connectivity index (χ1n) is 12.0. The number of hydrogen-bond acceptors (Lipinski definition) is 8. The number of halogens is 2. The van der Waals surface area contributed by atoms with Crippen molar-refractivity contribution < 1.29 is 23.4 Å². The van der Waals surface area contributed by atoms with E-state index in [0.717, 1.165) is 0 Å². The molecule has 1 atom stereocenters. The largest absolute Gasteiger partial charge is 0.463 e. The van der Waals surface area contributed by atoms with Crippen molar-refractivity contribution in [2.75, 3.05) is 13.4 Å². The van der Waals surface area contributed by atoms with Crippen LogP contribution in [-0.4, -0.2) is 23.9 Å². The van der Waals surface area contributed by atoms with E-state index in [1.807, 2.05) is 0 Å². The number of aromatic nitrogens is 1. The van der Waals surface area contributed by atoms with Gasteiger partial charge in [-0.3, -0.25) is 9.36 Å². The van der Waals surface area contributed by atoms with Gasteiger partial charge in [0.25, 0.3) is 5.56 Å². The fourth-order valence-electron chi connectivity index (χ4n) is 4.59. The summed E-state index contributed by atoms with van der Waals surface area (Å²) in [6, 6.07) is 13.4. The van der Waals surface area contributed by atoms with Crippen LogP contribution in [0.4, 0.5) is 0 Å². The van der Waals surface area contributed by atoms with Crippen molar-refractivity contribution in [3.63, 3.8) is 0 Å². The van der Waals surface area contributed by atoms with Crippen LogP contribution < -0.4 is 24.4 Å². The predicted octanol–water partition coefficient (Wildman–Crippen LogP) is 5.09. The molecule has 6 rings (SSSR count). The highest BCUT2D eigenvalue weighted by molar-refractivity contribution is 7.07. The molecule has 198 valence electrons. The number of allylic oxidation sites excluding steroid dienone is 1. The second-order valence-corrected chi connectivity index (χ2v) is 10.5. The molecular weight excluding hydrogens is 563 g/mol. The van der Waals surface area contributed by atoms with E-state index in [0.29, 0.717) is 59.2 Å². The van der Waals surface area contributed by atoms with Gasteiger partial charge in [0.2, 0.25) is 6.79 Å². The van der Waals surface area contributed by atoms with Gasteiger partial charge >= 0.3 is 5.97 Å². The average Bonchev–Trinajstić information content (AvgIpc) is 3.64. The number of rotatable bonds is 5. The molecular formula is C28H20Cl2N2O6S. The Bertz CT molecular complexity index is 1850. The molecule has 0 radical (unpaired) electrons. The van der Waals surface area contributed by atoms with Crippen LogP contribution in [0.1, 0.15) is 31.2 Å². The van der Waals surface area contributed by atoms with Crippen molar-refractivity contribution in [1.82, 2.24) is 4.57 Å². The minimum atomic E-state index is -0.769. The topological polar surface area (TPSA) is 92.3 Å². The molecule has 4 heterocycles. The number of carbonyl (C=O) groups is 1. The number of thiazole rings is 1. The summed E-state index contributed by atoms with van der Waals surface area (Å²) < 4.78 is 24.2. The molecule has 2 aliphatic heterocycles. The van der Waals surface area contributed by atoms with Crippen molar-refractivity contribution in [3.05, 3.63) is 101 Å². The van der Waals surface area contributed by atoms with E-state index in [9.17, 15) is 9.59 Å². The van der Waals surface area contributed by atoms with Crippen molar-refractivity contribution >= 4 is 46.6 Å². The Morgan fingerprint density at radius 3 is 2.82 bits per heavy atom. The molecule has 0 bridgehead atoms. The third kappa shape index (κ3) is 4.46. The summed E-state index contributed by atoms with van der Waals surface area (Å²) in [7, 11) is 0. The van der Waals surface area contributed by atoms with Crippen molar-refractivity contribution in [3.8, 4) is 22.8 Å². The molecule has 0 fully saturated rings. The zero-order chi connectivity index (χ0) is 27.3. The Balaban J connectivity index is 1.48. The highest BCUT2D eigenvalue weighted by atomic mass is 35.5. The summed E-state index contributed by atoms with van der Waals surface area (Å²) in [4.78, 5) is 31.9. The smallest absolute Gasteiger partial charge is 0.338 e. The number of furan rings is 1. The van der Waals surface area contributed by atoms with Crippen molar-refractivity contribution in [1.29, 1.82) is 0 Å². The normalized spacial score (nSPS) is 16.3. The molecule has 39 heavy (non-hydrogen) atoms. The summed E-state index contributed by atoms with van der Waals surface area (Å²) >= 11 is 13.7. The lowest BCUT2D eigenvalue weighted by molar-refractivity contribution is -0.139. The van der Waals surface area contributed by atoms with Crippen molar-refractivity contribution in [2.45, 2.75) is 19.9 Å². The highest BCUT2D eigenvalue weighted by Crippen LogP contribution is 2.38. The fraction of sp³-hybridized carbons (Fsp3) is 0.179. The SMILES string of the molecule is CCOC(=O)C1=C(C)N=c2sc(=Cc3ccc(-c4cccc(Cl)c4Cl)o3)c(=O)n2[C@H]1c1ccc2c(c1)OCO2. The lowest BCUT2D eigenvalue weighted by atomic mass is 9.95. The van der Waals surface area contributed by atoms with E-state index in [4.69, 9.17) is 41.8 Å². The molecule has 0 spiro atoms. The van der Waals surface area contributed by atoms with E-state index in [-0.39, 0.29) is 24.5 Å². The van der Waals surface area contributed by atoms with Gasteiger partial charge in [-0.05, 0) is 55.8 Å². The molecule has 2 aliphatic rings. The molecule has 0 saturated heterocycles. The van der Waals surface area contributed by atoms with Gasteiger partial charge in [-0.1, -0.05) is 46.7 Å². The van der Waals surface area contributed by atoms with Crippen molar-refractivity contribution in [2.24, 2.45) is 4.99 Å². The number of nitrogens with zero attached hydrogens (tertiary/aromatic N) is 2. The van der Waals surface area contributed by atoms with Gasteiger partial charge < -0.3 is 18.6 Å². The Labute approximate surface area is 236 Å². The molecule has 0 saturated carbocycles. The zero-order valence-electron chi connectivity index (χ0n) is 20.7. The first-order valence-corrected chi connectivity index (χ1v) is 13.6. The summed E-state index contributed by atoms with van der Waals surface area (Å²) in [5, 5.41) is 0.793. The van der Waals surface area contributed by atoms with Gasteiger partial charge in [-0.25, -0.2) is 9.79 Å². The first-order chi connectivity index (χ1) is 18.9. The van der Waals surface area contributed by atoms with E-state index < -0.39 is 12.0 Å². The van der Waals surface area contributed by atoms with E-state index in [1.54, 1.807) is 68.5 Å². The van der Waals surface area contributed by atoms with E-state index >= 15 is 0 Å². The Morgan fingerprint density at radius 2 is 2.00 bits per heavy atom. The molecule has 0 unspecified atom stereocenters. The summed E-state index contributed by atoms with van der Waals surface area (Å²) in [5.41, 5.74) is 1.74. The van der Waals surface area contributed by atoms with Crippen LogP contribution in [0.25, 0.3) is 17.4 Å². The standard InChI is InChI=1S/C28H20Cl2N2O6S/c1-3-35-27(34)23-14(2)31-28-32(25(23)15-7-9-20-21(11-15)37-13-36-20)26(33)22(39-28)12-16-8-10-19(38-16)17-5-4-6-18(29)24(17)30/h4-12,25H,3,13H2,1-2H3/t25-/m0/s1. The third-order valence-corrected chi connectivity index (χ3v) is 8.15. The molecule has 4 aromatic rings. The molecule has 8 nitrogen and oxygen atoms in total. The maximum absolute atomic E-state index is 13.8. The van der Waals surface area contributed by atoms with Crippen LogP contribution in [0.3, 0.4) is 0 Å². The number of hydrogen-bond donors (Lipinski definition) is 0. The van der Waals surface area contributed by atoms with Gasteiger partial charge in [-0.15, -0.1) is 0 Å². The lowest BCUT2D eigenvalue weighted by Gasteiger charge is -2.24. The van der Waals surface area contributed by atoms with Gasteiger partial charge in [0, 0.05) is 11.6 Å². The number of esters is 1. The third-order valence-electron chi connectivity index (χ3n) is 6.35. The van der Waals surface area contributed by atoms with Gasteiger partial charge in [0.15, 0.2) is 16.3 Å². The van der Waals surface area contributed by atoms with Crippen LogP contribution in [0.5, 0.6) is 11.5 Å². The molecule has 0 N–H and O–H groups in total. The van der Waals surface area contributed by atoms with Crippen LogP contribution in [0.15, 0.2) is 74.0 Å². The maximum atomic E-state index is 13.8. The minimum absolute atomic E-state index is 0.104. The molecule has 11 heteroatoms. The second kappa shape index (κ2) is 10.1. The van der Waals surface area contributed by atoms with Gasteiger partial charge in [-0.2, -0.15) is 0 Å². The number of carbonyl (C=O) groups excluding carboxylic acids is 1.